The summed E-state index contributed by atoms with van der Waals surface area (Å²) in [5.74, 6) is 0. The maximum atomic E-state index is 10.1. The Morgan fingerprint density at radius 1 is 0.931 bits per heavy atom. The van der Waals surface area contributed by atoms with Crippen LogP contribution in [-0.4, -0.2) is 116 Å². The monoisotopic (exact) mass is 421 g/mol. The zero-order valence-corrected chi connectivity index (χ0v) is 15.7. The summed E-state index contributed by atoms with van der Waals surface area (Å²) in [6.07, 6.45) is -16.4. The van der Waals surface area contributed by atoms with Crippen LogP contribution in [0.2, 0.25) is 0 Å². The van der Waals surface area contributed by atoms with Crippen molar-refractivity contribution in [1.82, 2.24) is 0 Å². The van der Waals surface area contributed by atoms with Crippen LogP contribution in [0, 0.1) is 11.3 Å². The molecular weight excluding hydrogens is 394 g/mol. The lowest BCUT2D eigenvalue weighted by Gasteiger charge is -2.43. The molecule has 0 amide bonds. The van der Waals surface area contributed by atoms with Gasteiger partial charge in [-0.1, -0.05) is 6.58 Å². The normalized spacial score (nSPS) is 44.1. The second kappa shape index (κ2) is 10.2. The molecule has 12 nitrogen and oxygen atoms in total. The summed E-state index contributed by atoms with van der Waals surface area (Å²) in [4.78, 5) is 0. The Labute approximate surface area is 166 Å². The van der Waals surface area contributed by atoms with Crippen molar-refractivity contribution in [3.63, 3.8) is 0 Å². The first kappa shape index (κ1) is 24.1. The molecule has 166 valence electrons. The molecule has 29 heavy (non-hydrogen) atoms. The van der Waals surface area contributed by atoms with E-state index in [9.17, 15) is 35.7 Å². The molecule has 2 aliphatic heterocycles. The standard InChI is InChI=1S/C17H27NO11/c1-6(2)7(3-18)27-17-15(25)13(23)11(21)9(29-17)5-26-16-14(24)12(22)10(20)8(4-19)28-16/h7-17,19-25H,1,4-5H2,2H3/t7-,8-,9-,10-,11-,12+,13+,14-,15-,16-,17-/m1/s1. The zero-order chi connectivity index (χ0) is 21.9. The fourth-order valence-corrected chi connectivity index (χ4v) is 2.95. The molecule has 0 radical (unpaired) electrons. The maximum absolute atomic E-state index is 10.1. The highest BCUT2D eigenvalue weighted by Crippen LogP contribution is 2.26. The first-order valence-electron chi connectivity index (χ1n) is 8.94. The van der Waals surface area contributed by atoms with Gasteiger partial charge in [-0.2, -0.15) is 5.26 Å². The molecule has 0 unspecified atom stereocenters. The molecule has 0 aromatic rings. The van der Waals surface area contributed by atoms with E-state index in [4.69, 9.17) is 24.2 Å². The van der Waals surface area contributed by atoms with Gasteiger partial charge >= 0.3 is 0 Å². The van der Waals surface area contributed by atoms with Crippen molar-refractivity contribution in [2.24, 2.45) is 0 Å². The van der Waals surface area contributed by atoms with Crippen LogP contribution in [0.4, 0.5) is 0 Å². The van der Waals surface area contributed by atoms with E-state index in [0.717, 1.165) is 0 Å². The predicted molar refractivity (Wildman–Crippen MR) is 91.7 cm³/mol. The van der Waals surface area contributed by atoms with Gasteiger partial charge in [-0.05, 0) is 12.5 Å². The van der Waals surface area contributed by atoms with Crippen LogP contribution in [0.3, 0.4) is 0 Å². The third-order valence-corrected chi connectivity index (χ3v) is 4.78. The molecule has 0 aromatic carbocycles. The molecule has 0 aromatic heterocycles. The van der Waals surface area contributed by atoms with E-state index in [1.807, 2.05) is 0 Å². The largest absolute Gasteiger partial charge is 0.394 e. The molecule has 2 saturated heterocycles. The van der Waals surface area contributed by atoms with Crippen molar-refractivity contribution in [2.45, 2.75) is 74.4 Å². The molecule has 0 bridgehead atoms. The van der Waals surface area contributed by atoms with Crippen molar-refractivity contribution >= 4 is 0 Å². The van der Waals surface area contributed by atoms with Gasteiger partial charge in [0.15, 0.2) is 18.7 Å². The van der Waals surface area contributed by atoms with Crippen LogP contribution in [0.25, 0.3) is 0 Å². The van der Waals surface area contributed by atoms with Crippen LogP contribution in [-0.2, 0) is 18.9 Å². The Morgan fingerprint density at radius 3 is 1.97 bits per heavy atom. The van der Waals surface area contributed by atoms with Gasteiger partial charge in [0.25, 0.3) is 0 Å². The van der Waals surface area contributed by atoms with Crippen LogP contribution in [0.5, 0.6) is 0 Å². The van der Waals surface area contributed by atoms with E-state index >= 15 is 0 Å². The summed E-state index contributed by atoms with van der Waals surface area (Å²) in [5, 5.41) is 78.0. The van der Waals surface area contributed by atoms with E-state index in [1.165, 1.54) is 6.92 Å². The van der Waals surface area contributed by atoms with Crippen molar-refractivity contribution in [3.8, 4) is 6.07 Å². The summed E-state index contributed by atoms with van der Waals surface area (Å²) in [6.45, 7) is 3.96. The minimum Gasteiger partial charge on any atom is -0.394 e. The Kier molecular flexibility index (Phi) is 8.47. The van der Waals surface area contributed by atoms with Gasteiger partial charge in [-0.15, -0.1) is 0 Å². The van der Waals surface area contributed by atoms with Gasteiger partial charge in [0, 0.05) is 0 Å². The quantitative estimate of drug-likeness (QED) is 0.197. The highest BCUT2D eigenvalue weighted by Gasteiger charge is 2.47. The second-order valence-corrected chi connectivity index (χ2v) is 7.04. The molecule has 0 aliphatic carbocycles. The van der Waals surface area contributed by atoms with Gasteiger partial charge in [0.1, 0.15) is 48.8 Å². The third kappa shape index (κ3) is 5.29. The van der Waals surface area contributed by atoms with E-state index in [-0.39, 0.29) is 0 Å². The highest BCUT2D eigenvalue weighted by atomic mass is 16.7. The SMILES string of the molecule is C=C(C)[C@@H](C#N)O[C@@H]1O[C@H](CO[C@@H]2O[C@H](CO)[C@@H](O)[C@H](O)[C@H]2O)[C@@H](O)[C@H](O)[C@H]1O. The smallest absolute Gasteiger partial charge is 0.188 e. The summed E-state index contributed by atoms with van der Waals surface area (Å²) in [7, 11) is 0. The van der Waals surface area contributed by atoms with E-state index in [1.54, 1.807) is 6.07 Å². The van der Waals surface area contributed by atoms with Gasteiger partial charge in [0.05, 0.1) is 19.3 Å². The van der Waals surface area contributed by atoms with Crippen molar-refractivity contribution in [3.05, 3.63) is 12.2 Å². The molecule has 2 aliphatic rings. The van der Waals surface area contributed by atoms with Gasteiger partial charge < -0.3 is 54.7 Å². The predicted octanol–water partition coefficient (Wildman–Crippen LogP) is -3.90. The number of nitrogens with zero attached hydrogens (tertiary/aromatic N) is 1. The molecule has 2 fully saturated rings. The van der Waals surface area contributed by atoms with E-state index in [2.05, 4.69) is 6.58 Å². The summed E-state index contributed by atoms with van der Waals surface area (Å²) >= 11 is 0. The van der Waals surface area contributed by atoms with Crippen LogP contribution in [0.1, 0.15) is 6.92 Å². The van der Waals surface area contributed by atoms with Crippen LogP contribution >= 0.6 is 0 Å². The summed E-state index contributed by atoms with van der Waals surface area (Å²) in [5.41, 5.74) is 0.332. The highest BCUT2D eigenvalue weighted by molar-refractivity contribution is 5.10. The minimum absolute atomic E-state index is 0.332. The van der Waals surface area contributed by atoms with Gasteiger partial charge in [0.2, 0.25) is 0 Å². The lowest BCUT2D eigenvalue weighted by atomic mass is 9.98. The first-order valence-corrected chi connectivity index (χ1v) is 8.94. The van der Waals surface area contributed by atoms with Gasteiger partial charge in [-0.25, -0.2) is 0 Å². The average molecular weight is 421 g/mol. The number of aliphatic hydroxyl groups is 7. The molecular formula is C17H27NO11. The second-order valence-electron chi connectivity index (χ2n) is 7.04. The Balaban J connectivity index is 2.03. The topological polar surface area (TPSA) is 202 Å². The average Bonchev–Trinajstić information content (AvgIpc) is 2.70. The number of hydrogen-bond acceptors (Lipinski definition) is 12. The van der Waals surface area contributed by atoms with Crippen molar-refractivity contribution in [1.29, 1.82) is 5.26 Å². The maximum Gasteiger partial charge on any atom is 0.188 e. The lowest BCUT2D eigenvalue weighted by Crippen LogP contribution is -2.62. The van der Waals surface area contributed by atoms with Crippen LogP contribution in [0.15, 0.2) is 12.2 Å². The molecule has 12 heteroatoms. The van der Waals surface area contributed by atoms with Crippen molar-refractivity contribution in [2.75, 3.05) is 13.2 Å². The van der Waals surface area contributed by atoms with Crippen molar-refractivity contribution < 1.29 is 54.7 Å². The van der Waals surface area contributed by atoms with E-state index < -0.39 is 80.7 Å². The molecule has 0 saturated carbocycles. The van der Waals surface area contributed by atoms with E-state index in [0.29, 0.717) is 5.57 Å². The number of hydrogen-bond donors (Lipinski definition) is 7. The number of rotatable bonds is 7. The molecule has 7 N–H and O–H groups in total. The van der Waals surface area contributed by atoms with Crippen LogP contribution < -0.4 is 0 Å². The third-order valence-electron chi connectivity index (χ3n) is 4.78. The Hall–Kier alpha value is -1.21. The first-order chi connectivity index (χ1) is 13.6. The summed E-state index contributed by atoms with van der Waals surface area (Å²) < 4.78 is 21.2. The molecule has 2 heterocycles. The number of ether oxygens (including phenoxy) is 4. The fourth-order valence-electron chi connectivity index (χ4n) is 2.95. The molecule has 0 spiro atoms. The molecule has 2 rings (SSSR count). The Morgan fingerprint density at radius 2 is 1.45 bits per heavy atom. The fraction of sp³-hybridized carbons (Fsp3) is 0.824. The zero-order valence-electron chi connectivity index (χ0n) is 15.7. The number of nitriles is 1. The lowest BCUT2D eigenvalue weighted by molar-refractivity contribution is -0.332. The minimum atomic E-state index is -1.69. The number of aliphatic hydroxyl groups excluding tert-OH is 7. The van der Waals surface area contributed by atoms with Gasteiger partial charge in [-0.3, -0.25) is 0 Å². The Bertz CT molecular complexity index is 596. The molecule has 11 atom stereocenters. The summed E-state index contributed by atoms with van der Waals surface area (Å²) in [6, 6.07) is 1.80.